The average molecular weight is 538 g/mol. The molecule has 0 bridgehead atoms. The highest BCUT2D eigenvalue weighted by Crippen LogP contribution is 2.38. The van der Waals surface area contributed by atoms with Gasteiger partial charge in [-0.1, -0.05) is 31.7 Å². The molecule has 0 aliphatic carbocycles. The number of anilines is 3. The Morgan fingerprint density at radius 1 is 0.974 bits per heavy atom. The molecule has 0 saturated carbocycles. The number of fused-ring (bicyclic) bond motifs is 1. The number of nitrogens with zero attached hydrogens (tertiary/aromatic N) is 3. The first-order chi connectivity index (χ1) is 18.9. The molecule has 5 rings (SSSR count). The van der Waals surface area contributed by atoms with Crippen LogP contribution in [0.4, 0.5) is 17.2 Å². The van der Waals surface area contributed by atoms with Crippen LogP contribution < -0.4 is 15.4 Å². The number of hydrogen-bond donors (Lipinski definition) is 3. The minimum Gasteiger partial charge on any atom is -0.508 e. The van der Waals surface area contributed by atoms with Gasteiger partial charge in [-0.3, -0.25) is 4.79 Å². The number of phenolic OH excluding ortho intramolecular Hbond substituents is 1. The van der Waals surface area contributed by atoms with Gasteiger partial charge in [-0.05, 0) is 78.7 Å². The number of methoxy groups -OCH3 is 1. The maximum absolute atomic E-state index is 13.0. The number of phenols is 1. The van der Waals surface area contributed by atoms with Crippen molar-refractivity contribution in [2.75, 3.05) is 17.7 Å². The molecule has 9 heteroatoms. The van der Waals surface area contributed by atoms with Crippen LogP contribution in [0.2, 0.25) is 0 Å². The number of ether oxygens (including phenoxy) is 1. The highest BCUT2D eigenvalue weighted by molar-refractivity contribution is 7.99. The first kappa shape index (κ1) is 26.0. The van der Waals surface area contributed by atoms with Gasteiger partial charge in [0.15, 0.2) is 5.65 Å². The smallest absolute Gasteiger partial charge is 0.255 e. The Balaban J connectivity index is 1.50. The number of nitrogens with one attached hydrogen (secondary N) is 2. The van der Waals surface area contributed by atoms with Crippen molar-refractivity contribution >= 4 is 45.9 Å². The molecule has 2 aromatic heterocycles. The van der Waals surface area contributed by atoms with Gasteiger partial charge in [0, 0.05) is 26.7 Å². The summed E-state index contributed by atoms with van der Waals surface area (Å²) in [5.74, 6) is 1.44. The normalized spacial score (nSPS) is 11.0. The van der Waals surface area contributed by atoms with Crippen LogP contribution in [0.1, 0.15) is 35.8 Å². The summed E-state index contributed by atoms with van der Waals surface area (Å²) in [5.41, 5.74) is 3.40. The predicted octanol–water partition coefficient (Wildman–Crippen LogP) is 7.01. The van der Waals surface area contributed by atoms with E-state index in [0.717, 1.165) is 26.6 Å². The predicted molar refractivity (Wildman–Crippen MR) is 154 cm³/mol. The first-order valence-electron chi connectivity index (χ1n) is 12.3. The van der Waals surface area contributed by atoms with Crippen molar-refractivity contribution in [1.82, 2.24) is 15.0 Å². The number of amides is 1. The third-order valence-electron chi connectivity index (χ3n) is 6.00. The fraction of sp³-hybridized carbons (Fsp3) is 0.133. The number of pyridine rings is 1. The number of rotatable bonds is 8. The third kappa shape index (κ3) is 6.10. The van der Waals surface area contributed by atoms with Gasteiger partial charge in [0.25, 0.3) is 5.91 Å². The van der Waals surface area contributed by atoms with Crippen molar-refractivity contribution in [2.45, 2.75) is 29.6 Å². The summed E-state index contributed by atoms with van der Waals surface area (Å²) >= 11 is 1.52. The van der Waals surface area contributed by atoms with Crippen molar-refractivity contribution in [3.63, 3.8) is 0 Å². The third-order valence-corrected chi connectivity index (χ3v) is 7.08. The van der Waals surface area contributed by atoms with E-state index in [-0.39, 0.29) is 17.6 Å². The minimum atomic E-state index is -0.253. The second-order valence-electron chi connectivity index (χ2n) is 9.10. The minimum absolute atomic E-state index is 0.203. The van der Waals surface area contributed by atoms with Crippen LogP contribution in [0.3, 0.4) is 0 Å². The van der Waals surface area contributed by atoms with E-state index in [1.165, 1.54) is 18.1 Å². The summed E-state index contributed by atoms with van der Waals surface area (Å²) in [6.45, 7) is 4.18. The Kier molecular flexibility index (Phi) is 7.60. The van der Waals surface area contributed by atoms with Gasteiger partial charge in [-0.15, -0.1) is 0 Å². The van der Waals surface area contributed by atoms with Gasteiger partial charge in [0.1, 0.15) is 23.6 Å². The van der Waals surface area contributed by atoms with Crippen LogP contribution in [0.15, 0.2) is 95.0 Å². The topological polar surface area (TPSA) is 109 Å². The molecule has 0 aliphatic rings. The Bertz CT molecular complexity index is 1640. The van der Waals surface area contributed by atoms with Gasteiger partial charge in [-0.25, -0.2) is 15.0 Å². The summed E-state index contributed by atoms with van der Waals surface area (Å²) < 4.78 is 5.25. The average Bonchev–Trinajstić information content (AvgIpc) is 2.95. The molecule has 39 heavy (non-hydrogen) atoms. The number of aromatic nitrogens is 3. The Hall–Kier alpha value is -4.63. The molecule has 8 nitrogen and oxygen atoms in total. The lowest BCUT2D eigenvalue weighted by atomic mass is 10.1. The molecule has 0 spiro atoms. The van der Waals surface area contributed by atoms with Crippen LogP contribution in [0.5, 0.6) is 11.5 Å². The molecule has 0 aliphatic heterocycles. The molecule has 0 radical (unpaired) electrons. The summed E-state index contributed by atoms with van der Waals surface area (Å²) in [6, 6.07) is 23.6. The van der Waals surface area contributed by atoms with E-state index in [9.17, 15) is 9.90 Å². The van der Waals surface area contributed by atoms with E-state index in [2.05, 4.69) is 34.4 Å². The highest BCUT2D eigenvalue weighted by Gasteiger charge is 2.14. The number of carbonyl (C=O) groups excluding carboxylic acids is 1. The zero-order valence-electron chi connectivity index (χ0n) is 21.7. The molecule has 0 fully saturated rings. The molecule has 5 aromatic rings. The van der Waals surface area contributed by atoms with Crippen molar-refractivity contribution < 1.29 is 14.6 Å². The maximum atomic E-state index is 13.0. The Morgan fingerprint density at radius 2 is 1.79 bits per heavy atom. The van der Waals surface area contributed by atoms with E-state index >= 15 is 0 Å². The molecule has 3 aromatic carbocycles. The number of hydrogen-bond acceptors (Lipinski definition) is 8. The van der Waals surface area contributed by atoms with Crippen LogP contribution in [-0.2, 0) is 0 Å². The van der Waals surface area contributed by atoms with Crippen molar-refractivity contribution in [2.24, 2.45) is 0 Å². The first-order valence-corrected chi connectivity index (χ1v) is 13.2. The number of carbonyl (C=O) groups is 1. The second kappa shape index (κ2) is 11.4. The van der Waals surface area contributed by atoms with E-state index < -0.39 is 0 Å². The van der Waals surface area contributed by atoms with Gasteiger partial charge in [-0.2, -0.15) is 0 Å². The molecule has 0 atom stereocenters. The van der Waals surface area contributed by atoms with Crippen molar-refractivity contribution in [3.05, 3.63) is 96.4 Å². The van der Waals surface area contributed by atoms with Gasteiger partial charge in [0.2, 0.25) is 0 Å². The Labute approximate surface area is 230 Å². The molecule has 1 amide bonds. The van der Waals surface area contributed by atoms with Crippen LogP contribution >= 0.6 is 11.8 Å². The summed E-state index contributed by atoms with van der Waals surface area (Å²) in [4.78, 5) is 28.4. The van der Waals surface area contributed by atoms with Crippen LogP contribution in [0.25, 0.3) is 11.0 Å². The van der Waals surface area contributed by atoms with Gasteiger partial charge < -0.3 is 20.5 Å². The maximum Gasteiger partial charge on any atom is 0.255 e. The summed E-state index contributed by atoms with van der Waals surface area (Å²) in [6.07, 6.45) is 1.49. The molecule has 2 heterocycles. The molecule has 0 unspecified atom stereocenters. The fourth-order valence-electron chi connectivity index (χ4n) is 3.91. The lowest BCUT2D eigenvalue weighted by molar-refractivity contribution is 0.102. The van der Waals surface area contributed by atoms with Crippen molar-refractivity contribution in [1.29, 1.82) is 0 Å². The second-order valence-corrected chi connectivity index (χ2v) is 10.2. The zero-order valence-corrected chi connectivity index (χ0v) is 22.5. The summed E-state index contributed by atoms with van der Waals surface area (Å²) in [7, 11) is 1.56. The largest absolute Gasteiger partial charge is 0.508 e. The van der Waals surface area contributed by atoms with Gasteiger partial charge in [0.05, 0.1) is 18.2 Å². The van der Waals surface area contributed by atoms with Gasteiger partial charge >= 0.3 is 0 Å². The zero-order chi connectivity index (χ0) is 27.4. The Morgan fingerprint density at radius 3 is 2.56 bits per heavy atom. The quantitative estimate of drug-likeness (QED) is 0.194. The van der Waals surface area contributed by atoms with E-state index in [0.29, 0.717) is 28.5 Å². The fourth-order valence-corrected chi connectivity index (χ4v) is 4.79. The number of aromatic hydroxyl groups is 1. The standard InChI is InChI=1S/C30H27N5O3S/c1-18(2)25-13-12-24-28(34-25)31-17-32-29(24)35-26-16-20(33-30(37)19-5-4-6-22(15-19)38-3)7-14-27(26)39-23-10-8-21(36)9-11-23/h4-18,36H,1-3H3,(H,33,37)(H,31,32,34,35). The molecule has 3 N–H and O–H groups in total. The number of benzene rings is 3. The highest BCUT2D eigenvalue weighted by atomic mass is 32.2. The monoisotopic (exact) mass is 537 g/mol. The molecule has 196 valence electrons. The summed E-state index contributed by atoms with van der Waals surface area (Å²) in [5, 5.41) is 16.9. The van der Waals surface area contributed by atoms with Crippen molar-refractivity contribution in [3.8, 4) is 11.5 Å². The lowest BCUT2D eigenvalue weighted by Gasteiger charge is -2.15. The van der Waals surface area contributed by atoms with E-state index in [1.54, 1.807) is 43.5 Å². The van der Waals surface area contributed by atoms with E-state index in [4.69, 9.17) is 9.72 Å². The molecule has 0 saturated heterocycles. The molecular formula is C30H27N5O3S. The SMILES string of the molecule is COc1cccc(C(=O)Nc2ccc(Sc3ccc(O)cc3)c(Nc3ncnc4nc(C(C)C)ccc34)c2)c1. The van der Waals surface area contributed by atoms with Crippen LogP contribution in [0, 0.1) is 0 Å². The van der Waals surface area contributed by atoms with E-state index in [1.807, 2.05) is 42.5 Å². The lowest BCUT2D eigenvalue weighted by Crippen LogP contribution is -2.12. The van der Waals surface area contributed by atoms with Crippen LogP contribution in [-0.4, -0.2) is 33.1 Å². The molecular weight excluding hydrogens is 510 g/mol.